The fourth-order valence-corrected chi connectivity index (χ4v) is 2.59. The minimum atomic E-state index is -4.67. The summed E-state index contributed by atoms with van der Waals surface area (Å²) in [6.45, 7) is 2.74. The molecule has 0 unspecified atom stereocenters. The molecular formula is C11H18N4O5S2. The number of aliphatic hydroxyl groups is 1. The maximum absolute atomic E-state index is 8.86. The molecule has 0 amide bonds. The second-order valence-corrected chi connectivity index (χ2v) is 6.33. The van der Waals surface area contributed by atoms with E-state index in [4.69, 9.17) is 28.4 Å². The van der Waals surface area contributed by atoms with Gasteiger partial charge in [0.2, 0.25) is 0 Å². The van der Waals surface area contributed by atoms with Gasteiger partial charge >= 0.3 is 10.4 Å². The SMILES string of the molecule is Cc1ncc(CN2C=C(CCO)SC2)c(N)n1.O=S(=O)(O)O. The quantitative estimate of drug-likeness (QED) is 0.563. The minimum absolute atomic E-state index is 0.197. The number of anilines is 1. The molecule has 9 nitrogen and oxygen atoms in total. The Balaban J connectivity index is 0.000000422. The first-order valence-electron chi connectivity index (χ1n) is 6.15. The van der Waals surface area contributed by atoms with Gasteiger partial charge in [-0.25, -0.2) is 9.97 Å². The molecule has 11 heteroatoms. The number of hydrogen-bond donors (Lipinski definition) is 4. The number of hydrogen-bond acceptors (Lipinski definition) is 8. The van der Waals surface area contributed by atoms with Crippen molar-refractivity contribution in [1.82, 2.24) is 14.9 Å². The molecule has 0 radical (unpaired) electrons. The number of nitrogens with two attached hydrogens (primary N) is 1. The molecule has 2 rings (SSSR count). The van der Waals surface area contributed by atoms with Gasteiger partial charge in [-0.15, -0.1) is 11.8 Å². The van der Waals surface area contributed by atoms with E-state index in [9.17, 15) is 0 Å². The third-order valence-corrected chi connectivity index (χ3v) is 3.63. The van der Waals surface area contributed by atoms with E-state index in [2.05, 4.69) is 21.1 Å². The van der Waals surface area contributed by atoms with Crippen molar-refractivity contribution in [3.63, 3.8) is 0 Å². The van der Waals surface area contributed by atoms with Crippen LogP contribution in [0.25, 0.3) is 0 Å². The molecule has 0 aromatic carbocycles. The smallest absolute Gasteiger partial charge is 0.394 e. The summed E-state index contributed by atoms with van der Waals surface area (Å²) >= 11 is 1.75. The largest absolute Gasteiger partial charge is 0.396 e. The molecule has 1 aromatic rings. The normalized spacial score (nSPS) is 14.4. The maximum atomic E-state index is 8.86. The summed E-state index contributed by atoms with van der Waals surface area (Å²) in [5.41, 5.74) is 6.79. The Morgan fingerprint density at radius 2 is 2.09 bits per heavy atom. The lowest BCUT2D eigenvalue weighted by molar-refractivity contribution is 0.301. The summed E-state index contributed by atoms with van der Waals surface area (Å²) in [5.74, 6) is 2.13. The van der Waals surface area contributed by atoms with Crippen molar-refractivity contribution < 1.29 is 22.6 Å². The van der Waals surface area contributed by atoms with Crippen LogP contribution in [0.4, 0.5) is 5.82 Å². The average Bonchev–Trinajstić information content (AvgIpc) is 2.79. The summed E-state index contributed by atoms with van der Waals surface area (Å²) in [6.07, 6.45) is 4.57. The molecule has 0 fully saturated rings. The van der Waals surface area contributed by atoms with Crippen LogP contribution in [0.2, 0.25) is 0 Å². The number of aryl methyl sites for hydroxylation is 1. The van der Waals surface area contributed by atoms with Crippen LogP contribution in [0.5, 0.6) is 0 Å². The molecule has 0 aliphatic carbocycles. The highest BCUT2D eigenvalue weighted by Gasteiger charge is 2.14. The van der Waals surface area contributed by atoms with Crippen molar-refractivity contribution in [2.75, 3.05) is 18.2 Å². The van der Waals surface area contributed by atoms with E-state index >= 15 is 0 Å². The van der Waals surface area contributed by atoms with Gasteiger partial charge in [-0.1, -0.05) is 0 Å². The van der Waals surface area contributed by atoms with E-state index in [0.717, 1.165) is 17.9 Å². The first-order chi connectivity index (χ1) is 10.2. The van der Waals surface area contributed by atoms with Crippen molar-refractivity contribution in [2.45, 2.75) is 19.9 Å². The first kappa shape index (κ1) is 18.6. The van der Waals surface area contributed by atoms with Gasteiger partial charge in [0.1, 0.15) is 11.6 Å². The zero-order valence-electron chi connectivity index (χ0n) is 11.9. The van der Waals surface area contributed by atoms with E-state index in [1.165, 1.54) is 4.91 Å². The van der Waals surface area contributed by atoms with Crippen molar-refractivity contribution in [1.29, 1.82) is 0 Å². The average molecular weight is 350 g/mol. The third-order valence-electron chi connectivity index (χ3n) is 2.49. The van der Waals surface area contributed by atoms with Gasteiger partial charge in [-0.05, 0) is 6.92 Å². The van der Waals surface area contributed by atoms with Gasteiger partial charge in [0, 0.05) is 42.4 Å². The molecule has 22 heavy (non-hydrogen) atoms. The van der Waals surface area contributed by atoms with E-state index in [1.54, 1.807) is 18.0 Å². The summed E-state index contributed by atoms with van der Waals surface area (Å²) in [6, 6.07) is 0. The van der Waals surface area contributed by atoms with E-state index in [1.807, 2.05) is 6.92 Å². The zero-order valence-corrected chi connectivity index (χ0v) is 13.5. The standard InChI is InChI=1S/C11H16N4OS.H2O4S/c1-8-13-4-9(11(12)14-8)5-15-6-10(2-3-16)17-7-15;1-5(2,3)4/h4,6,16H,2-3,5,7H2,1H3,(H2,12,13,14);(H2,1,2,3,4). The molecule has 124 valence electrons. The maximum Gasteiger partial charge on any atom is 0.394 e. The van der Waals surface area contributed by atoms with Crippen molar-refractivity contribution in [2.24, 2.45) is 0 Å². The van der Waals surface area contributed by atoms with Crippen LogP contribution >= 0.6 is 11.8 Å². The van der Waals surface area contributed by atoms with E-state index in [0.29, 0.717) is 18.2 Å². The number of aromatic nitrogens is 2. The van der Waals surface area contributed by atoms with Gasteiger partial charge in [0.25, 0.3) is 0 Å². The van der Waals surface area contributed by atoms with Crippen LogP contribution in [0.15, 0.2) is 17.3 Å². The Kier molecular flexibility index (Phi) is 7.03. The lowest BCUT2D eigenvalue weighted by atomic mass is 10.3. The summed E-state index contributed by atoms with van der Waals surface area (Å²) in [7, 11) is -4.67. The van der Waals surface area contributed by atoms with Gasteiger partial charge in [-0.2, -0.15) is 8.42 Å². The van der Waals surface area contributed by atoms with Gasteiger partial charge in [0.15, 0.2) is 0 Å². The third kappa shape index (κ3) is 7.56. The molecule has 1 aliphatic rings. The number of aliphatic hydroxyl groups excluding tert-OH is 1. The fourth-order valence-electron chi connectivity index (χ4n) is 1.64. The Morgan fingerprint density at radius 3 is 2.64 bits per heavy atom. The Morgan fingerprint density at radius 1 is 1.45 bits per heavy atom. The number of nitrogens with zero attached hydrogens (tertiary/aromatic N) is 3. The van der Waals surface area contributed by atoms with Crippen LogP contribution in [-0.4, -0.2) is 50.0 Å². The topological polar surface area (TPSA) is 150 Å². The van der Waals surface area contributed by atoms with Gasteiger partial charge < -0.3 is 15.7 Å². The molecule has 0 saturated heterocycles. The van der Waals surface area contributed by atoms with Crippen LogP contribution in [0, 0.1) is 6.92 Å². The molecule has 1 aromatic heterocycles. The molecule has 5 N–H and O–H groups in total. The number of nitrogen functional groups attached to an aromatic ring is 1. The highest BCUT2D eigenvalue weighted by molar-refractivity contribution is 8.03. The first-order valence-corrected chi connectivity index (χ1v) is 8.53. The van der Waals surface area contributed by atoms with Gasteiger partial charge in [0.05, 0.1) is 5.88 Å². The van der Waals surface area contributed by atoms with Crippen molar-refractivity contribution >= 4 is 28.0 Å². The minimum Gasteiger partial charge on any atom is -0.396 e. The lowest BCUT2D eigenvalue weighted by Gasteiger charge is -2.15. The highest BCUT2D eigenvalue weighted by Crippen LogP contribution is 2.29. The van der Waals surface area contributed by atoms with Gasteiger partial charge in [-0.3, -0.25) is 9.11 Å². The molecule has 0 spiro atoms. The zero-order chi connectivity index (χ0) is 16.8. The predicted octanol–water partition coefficient (Wildman–Crippen LogP) is 0.445. The van der Waals surface area contributed by atoms with Crippen molar-refractivity contribution in [3.05, 3.63) is 28.7 Å². The summed E-state index contributed by atoms with van der Waals surface area (Å²) in [4.78, 5) is 11.7. The monoisotopic (exact) mass is 350 g/mol. The fraction of sp³-hybridized carbons (Fsp3) is 0.455. The van der Waals surface area contributed by atoms with Crippen molar-refractivity contribution in [3.8, 4) is 0 Å². The number of rotatable bonds is 4. The van der Waals surface area contributed by atoms with Crippen LogP contribution < -0.4 is 5.73 Å². The van der Waals surface area contributed by atoms with Crippen LogP contribution in [0.1, 0.15) is 17.8 Å². The van der Waals surface area contributed by atoms with Crippen LogP contribution in [-0.2, 0) is 16.9 Å². The highest BCUT2D eigenvalue weighted by atomic mass is 32.3. The molecule has 2 heterocycles. The molecule has 0 saturated carbocycles. The number of thioether (sulfide) groups is 1. The molecular weight excluding hydrogens is 332 g/mol. The lowest BCUT2D eigenvalue weighted by Crippen LogP contribution is -2.15. The predicted molar refractivity (Wildman–Crippen MR) is 83.1 cm³/mol. The summed E-state index contributed by atoms with van der Waals surface area (Å²) in [5, 5.41) is 8.86. The van der Waals surface area contributed by atoms with Crippen LogP contribution in [0.3, 0.4) is 0 Å². The molecule has 0 bridgehead atoms. The Labute approximate surface area is 132 Å². The van der Waals surface area contributed by atoms with E-state index < -0.39 is 10.4 Å². The second-order valence-electron chi connectivity index (χ2n) is 4.36. The van der Waals surface area contributed by atoms with E-state index in [-0.39, 0.29) is 6.61 Å². The Hall–Kier alpha value is -1.40. The molecule has 0 atom stereocenters. The summed E-state index contributed by atoms with van der Waals surface area (Å²) < 4.78 is 31.6. The Bertz CT molecular complexity index is 627. The molecule has 1 aliphatic heterocycles. The second kappa shape index (κ2) is 8.29.